The van der Waals surface area contributed by atoms with Gasteiger partial charge in [-0.05, 0) is 0 Å². The summed E-state index contributed by atoms with van der Waals surface area (Å²) in [4.78, 5) is 21.6. The van der Waals surface area contributed by atoms with E-state index in [0.29, 0.717) is 0 Å². The molecule has 0 unspecified atom stereocenters. The molecule has 0 saturated heterocycles. The van der Waals surface area contributed by atoms with E-state index in [-0.39, 0.29) is 0 Å². The molecule has 0 fully saturated rings. The largest absolute Gasteiger partial charge is 0.466 e. The van der Waals surface area contributed by atoms with Crippen LogP contribution < -0.4 is 15.9 Å². The molecule has 0 bridgehead atoms. The van der Waals surface area contributed by atoms with Crippen molar-refractivity contribution < 1.29 is 19.2 Å². The molecular weight excluding hydrogens is 366 g/mol. The Balaban J connectivity index is 0.000000431. The molecular formula is C20H24O4P2. The molecule has 0 radical (unpaired) electrons. The van der Waals surface area contributed by atoms with Gasteiger partial charge in [0.25, 0.3) is 0 Å². The van der Waals surface area contributed by atoms with Gasteiger partial charge in [0.1, 0.15) is 0 Å². The summed E-state index contributed by atoms with van der Waals surface area (Å²) in [6.07, 6.45) is 1.17. The average molecular weight is 390 g/mol. The van der Waals surface area contributed by atoms with Crippen LogP contribution in [0.4, 0.5) is 0 Å². The molecule has 0 spiro atoms. The zero-order valence-electron chi connectivity index (χ0n) is 14.6. The Labute approximate surface area is 154 Å². The predicted molar refractivity (Wildman–Crippen MR) is 111 cm³/mol. The summed E-state index contributed by atoms with van der Waals surface area (Å²) < 4.78 is 8.88. The SMILES string of the molecule is CC[PH](c1ccccc1)(c1ccccc1)c1ccccc1.O=P(O)(O)O. The van der Waals surface area contributed by atoms with Crippen LogP contribution in [-0.2, 0) is 4.57 Å². The zero-order valence-corrected chi connectivity index (χ0v) is 16.5. The first-order valence-electron chi connectivity index (χ1n) is 8.33. The first-order chi connectivity index (χ1) is 12.4. The van der Waals surface area contributed by atoms with Gasteiger partial charge in [0.15, 0.2) is 0 Å². The Morgan fingerprint density at radius 2 is 0.885 bits per heavy atom. The van der Waals surface area contributed by atoms with Gasteiger partial charge in [-0.25, -0.2) is 4.57 Å². The number of benzene rings is 3. The van der Waals surface area contributed by atoms with Crippen molar-refractivity contribution in [2.24, 2.45) is 0 Å². The second-order valence-corrected chi connectivity index (χ2v) is 11.1. The first kappa shape index (κ1) is 20.5. The summed E-state index contributed by atoms with van der Waals surface area (Å²) in [5, 5.41) is 4.47. The minimum Gasteiger partial charge on any atom is -0.303 e. The summed E-state index contributed by atoms with van der Waals surface area (Å²) in [6, 6.07) is 33.1. The third-order valence-corrected chi connectivity index (χ3v) is 9.35. The van der Waals surface area contributed by atoms with Crippen LogP contribution in [0, 0.1) is 0 Å². The molecule has 6 heteroatoms. The van der Waals surface area contributed by atoms with Gasteiger partial charge in [-0.3, -0.25) is 0 Å². The zero-order chi connectivity index (χ0) is 19.0. The van der Waals surface area contributed by atoms with E-state index in [2.05, 4.69) is 97.9 Å². The summed E-state index contributed by atoms with van der Waals surface area (Å²) in [5.41, 5.74) is 0. The van der Waals surface area contributed by atoms with Crippen LogP contribution in [0.15, 0.2) is 91.0 Å². The second-order valence-electron chi connectivity index (χ2n) is 5.87. The molecule has 0 atom stereocenters. The van der Waals surface area contributed by atoms with E-state index in [9.17, 15) is 0 Å². The molecule has 3 aromatic rings. The molecule has 0 aromatic heterocycles. The minimum atomic E-state index is -4.64. The third kappa shape index (κ3) is 5.35. The number of phosphoric acid groups is 1. The third-order valence-electron chi connectivity index (χ3n) is 4.33. The van der Waals surface area contributed by atoms with Crippen molar-refractivity contribution in [3.8, 4) is 0 Å². The van der Waals surface area contributed by atoms with Crippen LogP contribution in [-0.4, -0.2) is 20.8 Å². The van der Waals surface area contributed by atoms with E-state index < -0.39 is 15.1 Å². The Bertz CT molecular complexity index is 729. The monoisotopic (exact) mass is 390 g/mol. The maximum Gasteiger partial charge on any atom is 0.466 e. The van der Waals surface area contributed by atoms with Gasteiger partial charge >= 0.3 is 135 Å². The van der Waals surface area contributed by atoms with E-state index in [1.165, 1.54) is 22.1 Å². The van der Waals surface area contributed by atoms with Crippen LogP contribution in [0.25, 0.3) is 0 Å². The van der Waals surface area contributed by atoms with Crippen LogP contribution in [0.2, 0.25) is 0 Å². The predicted octanol–water partition coefficient (Wildman–Crippen LogP) is 2.80. The maximum absolute atomic E-state index is 8.88. The van der Waals surface area contributed by atoms with E-state index in [1.807, 2.05) is 0 Å². The van der Waals surface area contributed by atoms with Crippen molar-refractivity contribution in [1.29, 1.82) is 0 Å². The van der Waals surface area contributed by atoms with E-state index in [4.69, 9.17) is 19.2 Å². The van der Waals surface area contributed by atoms with Crippen LogP contribution in [0.5, 0.6) is 0 Å². The Morgan fingerprint density at radius 1 is 0.654 bits per heavy atom. The summed E-state index contributed by atoms with van der Waals surface area (Å²) in [6.45, 7) is 2.33. The van der Waals surface area contributed by atoms with Gasteiger partial charge in [0.05, 0.1) is 0 Å². The van der Waals surface area contributed by atoms with Crippen LogP contribution in [0.1, 0.15) is 6.92 Å². The van der Waals surface area contributed by atoms with E-state index in [1.54, 1.807) is 0 Å². The van der Waals surface area contributed by atoms with Gasteiger partial charge in [-0.2, -0.15) is 0 Å². The van der Waals surface area contributed by atoms with Crippen molar-refractivity contribution in [2.75, 3.05) is 6.16 Å². The Hall–Kier alpha value is -1.80. The Morgan fingerprint density at radius 3 is 1.08 bits per heavy atom. The summed E-state index contributed by atoms with van der Waals surface area (Å²) >= 11 is 0. The van der Waals surface area contributed by atoms with Crippen LogP contribution in [0.3, 0.4) is 0 Å². The van der Waals surface area contributed by atoms with Gasteiger partial charge in [0.2, 0.25) is 0 Å². The fraction of sp³-hybridized carbons (Fsp3) is 0.100. The van der Waals surface area contributed by atoms with Gasteiger partial charge in [-0.1, -0.05) is 0 Å². The van der Waals surface area contributed by atoms with Crippen molar-refractivity contribution in [3.63, 3.8) is 0 Å². The molecule has 0 aliphatic carbocycles. The fourth-order valence-corrected chi connectivity index (χ4v) is 7.79. The molecule has 4 nitrogen and oxygen atoms in total. The van der Waals surface area contributed by atoms with E-state index in [0.717, 1.165) is 0 Å². The Kier molecular flexibility index (Phi) is 7.28. The molecule has 0 saturated carbocycles. The summed E-state index contributed by atoms with van der Waals surface area (Å²) in [5.74, 6) is 0. The molecule has 26 heavy (non-hydrogen) atoms. The molecule has 3 rings (SSSR count). The van der Waals surface area contributed by atoms with Crippen molar-refractivity contribution in [1.82, 2.24) is 0 Å². The summed E-state index contributed by atoms with van der Waals surface area (Å²) in [7, 11) is -6.54. The molecule has 0 aliphatic rings. The van der Waals surface area contributed by atoms with Gasteiger partial charge in [-0.15, -0.1) is 0 Å². The average Bonchev–Trinajstić information content (AvgIpc) is 2.64. The van der Waals surface area contributed by atoms with Crippen molar-refractivity contribution in [2.45, 2.75) is 6.92 Å². The molecule has 3 aromatic carbocycles. The van der Waals surface area contributed by atoms with Crippen molar-refractivity contribution >= 4 is 31.0 Å². The quantitative estimate of drug-likeness (QED) is 0.599. The normalized spacial score (nSPS) is 12.0. The number of rotatable bonds is 4. The standard InChI is InChI=1S/C20H21P.H3O4P/c1-2-21(18-12-6-3-7-13-18,19-14-8-4-9-15-19)20-16-10-5-11-17-20;1-5(2,3)4/h3-17,21H,2H2,1H3;(H3,1,2,3,4). The molecule has 0 amide bonds. The molecule has 138 valence electrons. The molecule has 3 N–H and O–H groups in total. The van der Waals surface area contributed by atoms with E-state index >= 15 is 0 Å². The topological polar surface area (TPSA) is 77.8 Å². The number of hydrogen-bond donors (Lipinski definition) is 3. The second kappa shape index (κ2) is 9.23. The van der Waals surface area contributed by atoms with Gasteiger partial charge in [0, 0.05) is 0 Å². The van der Waals surface area contributed by atoms with Crippen molar-refractivity contribution in [3.05, 3.63) is 91.0 Å². The molecule has 0 aliphatic heterocycles. The smallest absolute Gasteiger partial charge is 0.303 e. The van der Waals surface area contributed by atoms with Gasteiger partial charge < -0.3 is 14.7 Å². The van der Waals surface area contributed by atoms with Crippen LogP contribution >= 0.6 is 15.1 Å². The molecule has 0 heterocycles. The minimum absolute atomic E-state index is 1.17. The number of hydrogen-bond acceptors (Lipinski definition) is 1. The fourth-order valence-electron chi connectivity index (χ4n) is 3.28. The first-order valence-corrected chi connectivity index (χ1v) is 12.1. The maximum atomic E-state index is 8.88.